The minimum absolute atomic E-state index is 0.138. The van der Waals surface area contributed by atoms with Crippen molar-refractivity contribution >= 4 is 17.6 Å². The lowest BCUT2D eigenvalue weighted by molar-refractivity contribution is -0.112. The van der Waals surface area contributed by atoms with Crippen LogP contribution in [0.3, 0.4) is 0 Å². The molecule has 0 saturated heterocycles. The van der Waals surface area contributed by atoms with Crippen molar-refractivity contribution in [1.29, 1.82) is 0 Å². The predicted octanol–water partition coefficient (Wildman–Crippen LogP) is 0.943. The van der Waals surface area contributed by atoms with Gasteiger partial charge in [0.05, 0.1) is 18.2 Å². The van der Waals surface area contributed by atoms with Gasteiger partial charge in [-0.05, 0) is 23.8 Å². The Morgan fingerprint density at radius 1 is 1.53 bits per heavy atom. The summed E-state index contributed by atoms with van der Waals surface area (Å²) in [5.41, 5.74) is 2.98. The van der Waals surface area contributed by atoms with Gasteiger partial charge in [0.25, 0.3) is 0 Å². The molecule has 1 saturated carbocycles. The number of aromatic nitrogens is 1. The molecule has 1 spiro atoms. The highest BCUT2D eigenvalue weighted by Crippen LogP contribution is 2.57. The van der Waals surface area contributed by atoms with Crippen molar-refractivity contribution in [3.8, 4) is 0 Å². The third-order valence-electron chi connectivity index (χ3n) is 3.94. The van der Waals surface area contributed by atoms with Crippen LogP contribution < -0.4 is 0 Å². The van der Waals surface area contributed by atoms with Crippen molar-refractivity contribution in [2.45, 2.75) is 5.41 Å². The van der Waals surface area contributed by atoms with Crippen molar-refractivity contribution < 1.29 is 4.79 Å². The number of rotatable bonds is 0. The number of carbonyl (C=O) groups excluding carboxylic acids is 1. The minimum atomic E-state index is -0.328. The van der Waals surface area contributed by atoms with E-state index in [1.807, 2.05) is 19.3 Å². The van der Waals surface area contributed by atoms with Gasteiger partial charge in [-0.25, -0.2) is 0 Å². The van der Waals surface area contributed by atoms with Crippen LogP contribution in [0.4, 0.5) is 0 Å². The number of fused-ring (bicyclic) bond motifs is 1. The molecule has 4 rings (SSSR count). The molecule has 0 radical (unpaired) electrons. The van der Waals surface area contributed by atoms with E-state index >= 15 is 0 Å². The largest absolute Gasteiger partial charge is 0.351 e. The molecule has 2 heterocycles. The zero-order valence-corrected chi connectivity index (χ0v) is 8.40. The fraction of sp³-hybridized carbons (Fsp3) is 0.333. The van der Waals surface area contributed by atoms with Crippen LogP contribution in [0.2, 0.25) is 0 Å². The fourth-order valence-corrected chi connectivity index (χ4v) is 3.09. The second-order valence-corrected chi connectivity index (χ2v) is 4.51. The molecule has 0 bridgehead atoms. The van der Waals surface area contributed by atoms with E-state index in [9.17, 15) is 4.79 Å². The first kappa shape index (κ1) is 7.63. The molecule has 1 aromatic rings. The number of aliphatic imine (C=N–C) groups is 1. The maximum Gasteiger partial charge on any atom is 0.156 e. The summed E-state index contributed by atoms with van der Waals surface area (Å²) in [6, 6.07) is 2.07. The van der Waals surface area contributed by atoms with Crippen molar-refractivity contribution in [2.24, 2.45) is 18.0 Å². The number of aryl methyl sites for hydroxylation is 1. The van der Waals surface area contributed by atoms with E-state index in [1.54, 1.807) is 0 Å². The molecule has 2 atom stereocenters. The maximum atomic E-state index is 11.9. The third kappa shape index (κ3) is 0.591. The number of ketones is 1. The predicted molar refractivity (Wildman–Crippen MR) is 56.9 cm³/mol. The summed E-state index contributed by atoms with van der Waals surface area (Å²) in [4.78, 5) is 16.3. The van der Waals surface area contributed by atoms with Gasteiger partial charge in [-0.1, -0.05) is 0 Å². The number of hydrogen-bond acceptors (Lipinski definition) is 2. The quantitative estimate of drug-likeness (QED) is 0.611. The number of carbonyl (C=O) groups is 1. The van der Waals surface area contributed by atoms with E-state index in [4.69, 9.17) is 0 Å². The van der Waals surface area contributed by atoms with E-state index in [0.29, 0.717) is 12.3 Å². The molecule has 0 aromatic carbocycles. The summed E-state index contributed by atoms with van der Waals surface area (Å²) < 4.78 is 2.07. The summed E-state index contributed by atoms with van der Waals surface area (Å²) in [7, 11) is 2.01. The first-order valence-electron chi connectivity index (χ1n) is 5.19. The highest BCUT2D eigenvalue weighted by atomic mass is 16.1. The SMILES string of the molecule is Cn1ccc2c1C=CC1=NCC3C(=O)C123. The van der Waals surface area contributed by atoms with Crippen LogP contribution in [0.15, 0.2) is 23.3 Å². The number of Topliss-reactive ketones (excluding diaryl/α,β-unsaturated/α-hetero) is 1. The number of nitrogens with zero attached hydrogens (tertiary/aromatic N) is 2. The van der Waals surface area contributed by atoms with E-state index in [0.717, 1.165) is 11.4 Å². The lowest BCUT2D eigenvalue weighted by Gasteiger charge is -2.17. The second kappa shape index (κ2) is 1.98. The zero-order valence-electron chi connectivity index (χ0n) is 8.40. The van der Waals surface area contributed by atoms with Gasteiger partial charge in [-0.15, -0.1) is 0 Å². The van der Waals surface area contributed by atoms with Crippen molar-refractivity contribution in [3.63, 3.8) is 0 Å². The monoisotopic (exact) mass is 198 g/mol. The van der Waals surface area contributed by atoms with Crippen molar-refractivity contribution in [2.75, 3.05) is 6.54 Å². The van der Waals surface area contributed by atoms with Crippen LogP contribution in [0, 0.1) is 5.92 Å². The smallest absolute Gasteiger partial charge is 0.156 e. The zero-order chi connectivity index (χ0) is 10.2. The Morgan fingerprint density at radius 2 is 2.40 bits per heavy atom. The van der Waals surface area contributed by atoms with E-state index in [1.165, 1.54) is 5.56 Å². The molecule has 1 aromatic heterocycles. The molecule has 3 nitrogen and oxygen atoms in total. The van der Waals surface area contributed by atoms with Gasteiger partial charge < -0.3 is 4.57 Å². The van der Waals surface area contributed by atoms with Gasteiger partial charge in [0.1, 0.15) is 5.41 Å². The Balaban J connectivity index is 2.08. The van der Waals surface area contributed by atoms with Crippen LogP contribution in [0.1, 0.15) is 11.3 Å². The molecular weight excluding hydrogens is 188 g/mol. The van der Waals surface area contributed by atoms with Crippen molar-refractivity contribution in [1.82, 2.24) is 4.57 Å². The molecule has 2 aliphatic carbocycles. The molecule has 1 aliphatic heterocycles. The topological polar surface area (TPSA) is 34.4 Å². The minimum Gasteiger partial charge on any atom is -0.351 e. The van der Waals surface area contributed by atoms with Gasteiger partial charge in [-0.3, -0.25) is 9.79 Å². The Kier molecular flexibility index (Phi) is 1.01. The number of hydrogen-bond donors (Lipinski definition) is 0. The number of allylic oxidation sites excluding steroid dienone is 1. The highest BCUT2D eigenvalue weighted by molar-refractivity contribution is 6.35. The van der Waals surface area contributed by atoms with E-state index in [2.05, 4.69) is 21.7 Å². The van der Waals surface area contributed by atoms with Gasteiger partial charge >= 0.3 is 0 Å². The first-order chi connectivity index (χ1) is 7.26. The maximum absolute atomic E-state index is 11.9. The summed E-state index contributed by atoms with van der Waals surface area (Å²) in [6.45, 7) is 0.687. The average molecular weight is 198 g/mol. The molecular formula is C12H10N2O. The van der Waals surface area contributed by atoms with Crippen LogP contribution in [0.5, 0.6) is 0 Å². The Hall–Kier alpha value is -1.64. The highest BCUT2D eigenvalue weighted by Gasteiger charge is 2.72. The lowest BCUT2D eigenvalue weighted by Crippen LogP contribution is -2.24. The van der Waals surface area contributed by atoms with Gasteiger partial charge in [0, 0.05) is 18.9 Å². The summed E-state index contributed by atoms with van der Waals surface area (Å²) in [5.74, 6) is 0.503. The molecule has 3 heteroatoms. The van der Waals surface area contributed by atoms with Crippen LogP contribution in [0.25, 0.3) is 6.08 Å². The van der Waals surface area contributed by atoms with E-state index < -0.39 is 0 Å². The second-order valence-electron chi connectivity index (χ2n) is 4.51. The fourth-order valence-electron chi connectivity index (χ4n) is 3.09. The molecule has 1 fully saturated rings. The summed E-state index contributed by atoms with van der Waals surface area (Å²) in [5, 5.41) is 0. The van der Waals surface area contributed by atoms with Gasteiger partial charge in [-0.2, -0.15) is 0 Å². The molecule has 3 aliphatic rings. The van der Waals surface area contributed by atoms with Gasteiger partial charge in [0.15, 0.2) is 5.78 Å². The normalized spacial score (nSPS) is 34.6. The summed E-state index contributed by atoms with van der Waals surface area (Å²) >= 11 is 0. The van der Waals surface area contributed by atoms with Gasteiger partial charge in [0.2, 0.25) is 0 Å². The van der Waals surface area contributed by atoms with E-state index in [-0.39, 0.29) is 11.3 Å². The Bertz CT molecular complexity index is 564. The van der Waals surface area contributed by atoms with Crippen LogP contribution in [-0.2, 0) is 17.3 Å². The summed E-state index contributed by atoms with van der Waals surface area (Å²) in [6.07, 6.45) is 6.09. The molecule has 2 unspecified atom stereocenters. The molecule has 0 amide bonds. The average Bonchev–Trinajstić information content (AvgIpc) is 2.64. The third-order valence-corrected chi connectivity index (χ3v) is 3.94. The first-order valence-corrected chi connectivity index (χ1v) is 5.19. The lowest BCUT2D eigenvalue weighted by atomic mass is 9.85. The Labute approximate surface area is 87.1 Å². The molecule has 74 valence electrons. The van der Waals surface area contributed by atoms with Crippen LogP contribution >= 0.6 is 0 Å². The van der Waals surface area contributed by atoms with Crippen molar-refractivity contribution in [3.05, 3.63) is 29.6 Å². The molecule has 0 N–H and O–H groups in total. The molecule has 15 heavy (non-hydrogen) atoms. The Morgan fingerprint density at radius 3 is 3.20 bits per heavy atom. The standard InChI is InChI=1S/C12H10N2O/c1-14-5-4-7-9(14)2-3-10-12(7)8(6-13-10)11(12)15/h2-5,8H,6H2,1H3. The van der Waals surface area contributed by atoms with Crippen LogP contribution in [-0.4, -0.2) is 22.6 Å².